The van der Waals surface area contributed by atoms with Gasteiger partial charge in [-0.2, -0.15) is 0 Å². The Morgan fingerprint density at radius 2 is 1.96 bits per heavy atom. The molecule has 0 radical (unpaired) electrons. The van der Waals surface area contributed by atoms with Gasteiger partial charge in [-0.05, 0) is 36.6 Å². The summed E-state index contributed by atoms with van der Waals surface area (Å²) in [5.41, 5.74) is 2.35. The third-order valence-electron chi connectivity index (χ3n) is 4.76. The molecule has 0 saturated carbocycles. The molecule has 128 valence electrons. The number of aliphatic hydroxyl groups excluding tert-OH is 1. The SMILES string of the molecule is C[C@H](NC[C@@H]1C[C@H](O)CN1Cc1ccccc1)c1cccc(O)c1. The zero-order chi connectivity index (χ0) is 16.9. The summed E-state index contributed by atoms with van der Waals surface area (Å²) in [7, 11) is 0. The first-order valence-electron chi connectivity index (χ1n) is 8.60. The zero-order valence-corrected chi connectivity index (χ0v) is 14.1. The number of phenols is 1. The molecule has 3 N–H and O–H groups in total. The minimum atomic E-state index is -0.253. The third-order valence-corrected chi connectivity index (χ3v) is 4.76. The molecule has 1 saturated heterocycles. The number of nitrogens with one attached hydrogen (secondary N) is 1. The number of aliphatic hydroxyl groups is 1. The summed E-state index contributed by atoms with van der Waals surface area (Å²) < 4.78 is 0. The van der Waals surface area contributed by atoms with Crippen molar-refractivity contribution in [2.45, 2.75) is 38.1 Å². The Morgan fingerprint density at radius 1 is 1.17 bits per heavy atom. The Kier molecular flexibility index (Phi) is 5.51. The van der Waals surface area contributed by atoms with Crippen LogP contribution in [0.5, 0.6) is 5.75 Å². The van der Waals surface area contributed by atoms with Crippen LogP contribution in [-0.4, -0.2) is 40.3 Å². The van der Waals surface area contributed by atoms with Gasteiger partial charge >= 0.3 is 0 Å². The van der Waals surface area contributed by atoms with Crippen LogP contribution in [0.1, 0.15) is 30.5 Å². The maximum Gasteiger partial charge on any atom is 0.115 e. The number of rotatable bonds is 6. The number of benzene rings is 2. The van der Waals surface area contributed by atoms with Gasteiger partial charge in [-0.25, -0.2) is 0 Å². The number of β-amino-alcohol motifs (C(OH)–C–C–N with tert-alkyl or cyclic N) is 1. The van der Waals surface area contributed by atoms with Crippen LogP contribution in [-0.2, 0) is 6.54 Å². The minimum Gasteiger partial charge on any atom is -0.508 e. The number of nitrogens with zero attached hydrogens (tertiary/aromatic N) is 1. The molecule has 1 heterocycles. The van der Waals surface area contributed by atoms with Gasteiger partial charge in [-0.1, -0.05) is 42.5 Å². The van der Waals surface area contributed by atoms with Gasteiger partial charge in [0.1, 0.15) is 5.75 Å². The van der Waals surface area contributed by atoms with Gasteiger partial charge in [0.25, 0.3) is 0 Å². The number of aromatic hydroxyl groups is 1. The molecule has 2 aromatic rings. The number of phenolic OH excluding ortho intramolecular Hbond substituents is 1. The molecule has 4 nitrogen and oxygen atoms in total. The van der Waals surface area contributed by atoms with Crippen molar-refractivity contribution in [1.82, 2.24) is 10.2 Å². The van der Waals surface area contributed by atoms with Crippen LogP contribution in [0.15, 0.2) is 54.6 Å². The van der Waals surface area contributed by atoms with Crippen molar-refractivity contribution in [3.8, 4) is 5.75 Å². The molecule has 24 heavy (non-hydrogen) atoms. The van der Waals surface area contributed by atoms with Crippen LogP contribution in [0.4, 0.5) is 0 Å². The third kappa shape index (κ3) is 4.35. The van der Waals surface area contributed by atoms with E-state index in [9.17, 15) is 10.2 Å². The average Bonchev–Trinajstić information content (AvgIpc) is 2.93. The van der Waals surface area contributed by atoms with E-state index in [0.717, 1.165) is 31.6 Å². The quantitative estimate of drug-likeness (QED) is 0.764. The van der Waals surface area contributed by atoms with E-state index >= 15 is 0 Å². The first-order valence-corrected chi connectivity index (χ1v) is 8.60. The van der Waals surface area contributed by atoms with Crippen molar-refractivity contribution in [2.24, 2.45) is 0 Å². The summed E-state index contributed by atoms with van der Waals surface area (Å²) in [4.78, 5) is 2.35. The fourth-order valence-corrected chi connectivity index (χ4v) is 3.41. The van der Waals surface area contributed by atoms with E-state index in [1.54, 1.807) is 12.1 Å². The highest BCUT2D eigenvalue weighted by Crippen LogP contribution is 2.22. The van der Waals surface area contributed by atoms with Gasteiger partial charge in [0, 0.05) is 31.7 Å². The Balaban J connectivity index is 1.58. The highest BCUT2D eigenvalue weighted by atomic mass is 16.3. The molecule has 4 heteroatoms. The van der Waals surface area contributed by atoms with Crippen molar-refractivity contribution < 1.29 is 10.2 Å². The number of hydrogen-bond donors (Lipinski definition) is 3. The van der Waals surface area contributed by atoms with Crippen LogP contribution in [0.2, 0.25) is 0 Å². The monoisotopic (exact) mass is 326 g/mol. The lowest BCUT2D eigenvalue weighted by molar-refractivity contribution is 0.172. The largest absolute Gasteiger partial charge is 0.508 e. The second kappa shape index (κ2) is 7.79. The Morgan fingerprint density at radius 3 is 2.71 bits per heavy atom. The maximum absolute atomic E-state index is 10.1. The van der Waals surface area contributed by atoms with E-state index in [1.807, 2.05) is 18.2 Å². The molecule has 3 atom stereocenters. The molecule has 0 unspecified atom stereocenters. The van der Waals surface area contributed by atoms with Gasteiger partial charge in [0.15, 0.2) is 0 Å². The average molecular weight is 326 g/mol. The highest BCUT2D eigenvalue weighted by molar-refractivity contribution is 5.29. The van der Waals surface area contributed by atoms with Crippen molar-refractivity contribution in [2.75, 3.05) is 13.1 Å². The molecule has 2 aromatic carbocycles. The lowest BCUT2D eigenvalue weighted by Crippen LogP contribution is -2.38. The van der Waals surface area contributed by atoms with E-state index in [2.05, 4.69) is 41.4 Å². The summed E-state index contributed by atoms with van der Waals surface area (Å²) in [5, 5.41) is 23.2. The van der Waals surface area contributed by atoms with Gasteiger partial charge < -0.3 is 15.5 Å². The van der Waals surface area contributed by atoms with E-state index < -0.39 is 0 Å². The first kappa shape index (κ1) is 17.0. The van der Waals surface area contributed by atoms with Crippen molar-refractivity contribution in [3.63, 3.8) is 0 Å². The Labute approximate surface area is 143 Å². The van der Waals surface area contributed by atoms with Gasteiger partial charge in [0.05, 0.1) is 6.10 Å². The van der Waals surface area contributed by atoms with Crippen LogP contribution < -0.4 is 5.32 Å². The van der Waals surface area contributed by atoms with Crippen LogP contribution in [0.3, 0.4) is 0 Å². The Bertz CT molecular complexity index is 647. The molecular formula is C20H26N2O2. The van der Waals surface area contributed by atoms with Crippen LogP contribution >= 0.6 is 0 Å². The Hall–Kier alpha value is -1.88. The molecule has 3 rings (SSSR count). The molecule has 0 aliphatic carbocycles. The van der Waals surface area contributed by atoms with E-state index in [1.165, 1.54) is 5.56 Å². The fraction of sp³-hybridized carbons (Fsp3) is 0.400. The molecule has 0 bridgehead atoms. The number of hydrogen-bond acceptors (Lipinski definition) is 4. The molecule has 1 fully saturated rings. The second-order valence-electron chi connectivity index (χ2n) is 6.68. The lowest BCUT2D eigenvalue weighted by atomic mass is 10.1. The maximum atomic E-state index is 10.1. The van der Waals surface area contributed by atoms with E-state index in [4.69, 9.17) is 0 Å². The molecule has 0 amide bonds. The summed E-state index contributed by atoms with van der Waals surface area (Å²) in [6, 6.07) is 18.2. The summed E-state index contributed by atoms with van der Waals surface area (Å²) in [6.07, 6.45) is 0.545. The van der Waals surface area contributed by atoms with Crippen molar-refractivity contribution in [3.05, 3.63) is 65.7 Å². The minimum absolute atomic E-state index is 0.161. The predicted molar refractivity (Wildman–Crippen MR) is 95.8 cm³/mol. The first-order chi connectivity index (χ1) is 11.6. The molecule has 0 aromatic heterocycles. The van der Waals surface area contributed by atoms with Crippen molar-refractivity contribution in [1.29, 1.82) is 0 Å². The van der Waals surface area contributed by atoms with E-state index in [0.29, 0.717) is 11.8 Å². The smallest absolute Gasteiger partial charge is 0.115 e. The fourth-order valence-electron chi connectivity index (χ4n) is 3.41. The second-order valence-corrected chi connectivity index (χ2v) is 6.68. The number of likely N-dealkylation sites (tertiary alicyclic amines) is 1. The summed E-state index contributed by atoms with van der Waals surface area (Å²) in [6.45, 7) is 4.51. The van der Waals surface area contributed by atoms with E-state index in [-0.39, 0.29) is 12.1 Å². The van der Waals surface area contributed by atoms with Crippen molar-refractivity contribution >= 4 is 0 Å². The highest BCUT2D eigenvalue weighted by Gasteiger charge is 2.30. The molecule has 0 spiro atoms. The summed E-state index contributed by atoms with van der Waals surface area (Å²) >= 11 is 0. The summed E-state index contributed by atoms with van der Waals surface area (Å²) in [5.74, 6) is 0.295. The van der Waals surface area contributed by atoms with Gasteiger partial charge in [0.2, 0.25) is 0 Å². The zero-order valence-electron chi connectivity index (χ0n) is 14.1. The normalized spacial score (nSPS) is 22.6. The van der Waals surface area contributed by atoms with Gasteiger partial charge in [-0.15, -0.1) is 0 Å². The molecule has 1 aliphatic heterocycles. The standard InChI is InChI=1S/C20H26N2O2/c1-15(17-8-5-9-19(23)10-17)21-12-18-11-20(24)14-22(18)13-16-6-3-2-4-7-16/h2-10,15,18,20-21,23-24H,11-14H2,1H3/t15-,18-,20-/m0/s1. The van der Waals surface area contributed by atoms with Crippen LogP contribution in [0, 0.1) is 0 Å². The molecule has 1 aliphatic rings. The van der Waals surface area contributed by atoms with Gasteiger partial charge in [-0.3, -0.25) is 4.90 Å². The predicted octanol–water partition coefficient (Wildman–Crippen LogP) is 2.68. The van der Waals surface area contributed by atoms with Crippen LogP contribution in [0.25, 0.3) is 0 Å². The lowest BCUT2D eigenvalue weighted by Gasteiger charge is -2.26. The molecular weight excluding hydrogens is 300 g/mol. The topological polar surface area (TPSA) is 55.7 Å².